The van der Waals surface area contributed by atoms with Crippen molar-refractivity contribution in [3.05, 3.63) is 18.1 Å². The molecule has 5 nitrogen and oxygen atoms in total. The number of hydrogen-bond acceptors (Lipinski definition) is 5. The van der Waals surface area contributed by atoms with Crippen molar-refractivity contribution in [1.29, 1.82) is 0 Å². The quantitative estimate of drug-likeness (QED) is 0.837. The molecular formula is C10H17N3O2S. The van der Waals surface area contributed by atoms with Crippen molar-refractivity contribution in [1.82, 2.24) is 9.97 Å². The molecule has 90 valence electrons. The summed E-state index contributed by atoms with van der Waals surface area (Å²) in [5.74, 6) is 1.11. The van der Waals surface area contributed by atoms with Crippen LogP contribution in [0.5, 0.6) is 0 Å². The first-order valence-corrected chi connectivity index (χ1v) is 7.18. The summed E-state index contributed by atoms with van der Waals surface area (Å²) in [6, 6.07) is 1.84. The Morgan fingerprint density at radius 2 is 2.06 bits per heavy atom. The van der Waals surface area contributed by atoms with E-state index in [-0.39, 0.29) is 5.75 Å². The maximum Gasteiger partial charge on any atom is 0.149 e. The molecule has 0 fully saturated rings. The average molecular weight is 243 g/mol. The molecule has 6 heteroatoms. The molecule has 1 heterocycles. The van der Waals surface area contributed by atoms with Crippen LogP contribution in [0.25, 0.3) is 0 Å². The smallest absolute Gasteiger partial charge is 0.149 e. The summed E-state index contributed by atoms with van der Waals surface area (Å²) < 4.78 is 21.8. The number of rotatable bonds is 5. The lowest BCUT2D eigenvalue weighted by atomic mass is 10.1. The van der Waals surface area contributed by atoms with Crippen LogP contribution in [0.15, 0.2) is 12.4 Å². The fourth-order valence-corrected chi connectivity index (χ4v) is 1.62. The zero-order valence-corrected chi connectivity index (χ0v) is 10.6. The molecule has 0 spiro atoms. The summed E-state index contributed by atoms with van der Waals surface area (Å²) in [7, 11) is -2.93. The van der Waals surface area contributed by atoms with Gasteiger partial charge in [-0.1, -0.05) is 13.8 Å². The Bertz CT molecular complexity index is 443. The maximum atomic E-state index is 10.9. The van der Waals surface area contributed by atoms with E-state index in [4.69, 9.17) is 0 Å². The van der Waals surface area contributed by atoms with Gasteiger partial charge in [0.05, 0.1) is 5.75 Å². The van der Waals surface area contributed by atoms with Gasteiger partial charge in [-0.2, -0.15) is 0 Å². The number of nitrogens with zero attached hydrogens (tertiary/aromatic N) is 2. The fraction of sp³-hybridized carbons (Fsp3) is 0.600. The zero-order chi connectivity index (χ0) is 12.2. The van der Waals surface area contributed by atoms with Crippen LogP contribution < -0.4 is 5.32 Å². The third kappa shape index (κ3) is 4.57. The molecule has 0 radical (unpaired) electrons. The summed E-state index contributed by atoms with van der Waals surface area (Å²) in [5.41, 5.74) is 0.942. The molecule has 1 aromatic rings. The summed E-state index contributed by atoms with van der Waals surface area (Å²) in [5, 5.41) is 2.97. The van der Waals surface area contributed by atoms with Gasteiger partial charge in [0.25, 0.3) is 0 Å². The molecule has 0 aliphatic heterocycles. The van der Waals surface area contributed by atoms with Crippen molar-refractivity contribution in [3.8, 4) is 0 Å². The van der Waals surface area contributed by atoms with E-state index < -0.39 is 9.84 Å². The highest BCUT2D eigenvalue weighted by atomic mass is 32.2. The predicted molar refractivity (Wildman–Crippen MR) is 64.3 cm³/mol. The third-order valence-electron chi connectivity index (χ3n) is 2.06. The summed E-state index contributed by atoms with van der Waals surface area (Å²) in [4.78, 5) is 8.15. The van der Waals surface area contributed by atoms with Crippen LogP contribution >= 0.6 is 0 Å². The lowest BCUT2D eigenvalue weighted by Crippen LogP contribution is -2.15. The van der Waals surface area contributed by atoms with Gasteiger partial charge in [0.15, 0.2) is 0 Å². The molecule has 0 aliphatic carbocycles. The Labute approximate surface area is 96.2 Å². The second kappa shape index (κ2) is 5.25. The van der Waals surface area contributed by atoms with Gasteiger partial charge in [-0.25, -0.2) is 18.4 Å². The molecule has 0 atom stereocenters. The number of aromatic nitrogens is 2. The molecule has 0 unspecified atom stereocenters. The number of sulfone groups is 1. The Kier molecular flexibility index (Phi) is 4.23. The lowest BCUT2D eigenvalue weighted by molar-refractivity contribution is 0.602. The summed E-state index contributed by atoms with van der Waals surface area (Å²) in [6.07, 6.45) is 2.70. The Morgan fingerprint density at radius 1 is 1.38 bits per heavy atom. The van der Waals surface area contributed by atoms with Crippen molar-refractivity contribution in [2.24, 2.45) is 0 Å². The van der Waals surface area contributed by atoms with Crippen molar-refractivity contribution in [2.45, 2.75) is 19.8 Å². The van der Waals surface area contributed by atoms with Crippen molar-refractivity contribution >= 4 is 15.7 Å². The predicted octanol–water partition coefficient (Wildman–Crippen LogP) is 1.06. The van der Waals surface area contributed by atoms with Gasteiger partial charge in [0.2, 0.25) is 0 Å². The highest BCUT2D eigenvalue weighted by Crippen LogP contribution is 2.13. The molecular weight excluding hydrogens is 226 g/mol. The highest BCUT2D eigenvalue weighted by molar-refractivity contribution is 7.90. The van der Waals surface area contributed by atoms with Crippen molar-refractivity contribution < 1.29 is 8.42 Å². The molecule has 1 aromatic heterocycles. The molecule has 1 rings (SSSR count). The lowest BCUT2D eigenvalue weighted by Gasteiger charge is -2.07. The summed E-state index contributed by atoms with van der Waals surface area (Å²) >= 11 is 0. The van der Waals surface area contributed by atoms with Gasteiger partial charge in [-0.05, 0) is 5.92 Å². The third-order valence-corrected chi connectivity index (χ3v) is 3.00. The van der Waals surface area contributed by atoms with E-state index in [1.165, 1.54) is 12.6 Å². The van der Waals surface area contributed by atoms with Gasteiger partial charge in [-0.3, -0.25) is 0 Å². The minimum atomic E-state index is -2.93. The molecule has 0 aromatic carbocycles. The first-order valence-electron chi connectivity index (χ1n) is 5.12. The topological polar surface area (TPSA) is 72.0 Å². The van der Waals surface area contributed by atoms with Crippen LogP contribution in [0.4, 0.5) is 5.82 Å². The van der Waals surface area contributed by atoms with E-state index in [0.29, 0.717) is 18.3 Å². The van der Waals surface area contributed by atoms with E-state index in [1.54, 1.807) is 0 Å². The second-order valence-corrected chi connectivity index (χ2v) is 6.30. The van der Waals surface area contributed by atoms with E-state index in [0.717, 1.165) is 5.69 Å². The van der Waals surface area contributed by atoms with Gasteiger partial charge in [0.1, 0.15) is 22.0 Å². The van der Waals surface area contributed by atoms with Crippen LogP contribution in [-0.2, 0) is 9.84 Å². The fourth-order valence-electron chi connectivity index (χ4n) is 1.15. The molecule has 16 heavy (non-hydrogen) atoms. The van der Waals surface area contributed by atoms with E-state index in [2.05, 4.69) is 15.3 Å². The Hall–Kier alpha value is -1.17. The highest BCUT2D eigenvalue weighted by Gasteiger charge is 2.04. The zero-order valence-electron chi connectivity index (χ0n) is 9.77. The van der Waals surface area contributed by atoms with Crippen LogP contribution in [0.1, 0.15) is 25.5 Å². The molecule has 1 N–H and O–H groups in total. The Balaban J connectivity index is 2.58. The number of hydrogen-bond donors (Lipinski definition) is 1. The SMILES string of the molecule is CC(C)c1cc(NCCS(C)(=O)=O)ncn1. The van der Waals surface area contributed by atoms with Gasteiger partial charge >= 0.3 is 0 Å². The normalized spacial score (nSPS) is 11.8. The Morgan fingerprint density at radius 3 is 2.62 bits per heavy atom. The first-order chi connectivity index (χ1) is 7.38. The maximum absolute atomic E-state index is 10.9. The van der Waals surface area contributed by atoms with E-state index in [9.17, 15) is 8.42 Å². The van der Waals surface area contributed by atoms with Crippen LogP contribution in [0.2, 0.25) is 0 Å². The number of nitrogens with one attached hydrogen (secondary N) is 1. The first kappa shape index (κ1) is 12.9. The van der Waals surface area contributed by atoms with Crippen LogP contribution in [0, 0.1) is 0 Å². The van der Waals surface area contributed by atoms with Gasteiger partial charge in [-0.15, -0.1) is 0 Å². The standard InChI is InChI=1S/C10H17N3O2S/c1-8(2)9-6-10(13-7-12-9)11-4-5-16(3,14)15/h6-8H,4-5H2,1-3H3,(H,11,12,13). The summed E-state index contributed by atoms with van der Waals surface area (Å²) in [6.45, 7) is 4.46. The molecule has 0 saturated carbocycles. The van der Waals surface area contributed by atoms with Gasteiger partial charge in [0, 0.05) is 24.6 Å². The van der Waals surface area contributed by atoms with Crippen molar-refractivity contribution in [2.75, 3.05) is 23.9 Å². The monoisotopic (exact) mass is 243 g/mol. The van der Waals surface area contributed by atoms with Crippen LogP contribution in [0.3, 0.4) is 0 Å². The van der Waals surface area contributed by atoms with Crippen LogP contribution in [-0.4, -0.2) is 36.9 Å². The minimum Gasteiger partial charge on any atom is -0.369 e. The molecule has 0 saturated heterocycles. The average Bonchev–Trinajstić information content (AvgIpc) is 2.16. The van der Waals surface area contributed by atoms with Gasteiger partial charge < -0.3 is 5.32 Å². The largest absolute Gasteiger partial charge is 0.369 e. The molecule has 0 aliphatic rings. The van der Waals surface area contributed by atoms with Crippen molar-refractivity contribution in [3.63, 3.8) is 0 Å². The van der Waals surface area contributed by atoms with E-state index in [1.807, 2.05) is 19.9 Å². The second-order valence-electron chi connectivity index (χ2n) is 4.04. The van der Waals surface area contributed by atoms with E-state index >= 15 is 0 Å². The molecule has 0 amide bonds. The molecule has 0 bridgehead atoms. The number of anilines is 1. The minimum absolute atomic E-state index is 0.105.